The van der Waals surface area contributed by atoms with Crippen LogP contribution in [-0.4, -0.2) is 15.8 Å². The molecular weight excluding hydrogens is 460 g/mol. The topological polar surface area (TPSA) is 52.1 Å². The van der Waals surface area contributed by atoms with Crippen molar-refractivity contribution in [3.63, 3.8) is 0 Å². The Balaban J connectivity index is 1.88. The molecule has 2 aromatic heterocycles. The smallest absolute Gasteiger partial charge is 0.196 e. The monoisotopic (exact) mass is 470 g/mol. The summed E-state index contributed by atoms with van der Waals surface area (Å²) in [5.74, 6) is 0.476. The van der Waals surface area contributed by atoms with Gasteiger partial charge in [0.1, 0.15) is 15.0 Å². The van der Waals surface area contributed by atoms with Crippen molar-refractivity contribution in [2.75, 3.05) is 0 Å². The molecule has 0 radical (unpaired) electrons. The normalized spacial score (nSPS) is 17.7. The zero-order chi connectivity index (χ0) is 18.1. The molecule has 3 aromatic rings. The van der Waals surface area contributed by atoms with Gasteiger partial charge in [0.05, 0.1) is 17.0 Å². The minimum atomic E-state index is -0.601. The number of ketones is 1. The van der Waals surface area contributed by atoms with Gasteiger partial charge in [-0.05, 0) is 74.3 Å². The van der Waals surface area contributed by atoms with Crippen LogP contribution in [0, 0.1) is 0 Å². The Labute approximate surface area is 167 Å². The number of rotatable bonds is 2. The predicted molar refractivity (Wildman–Crippen MR) is 106 cm³/mol. The van der Waals surface area contributed by atoms with Crippen LogP contribution < -0.4 is 4.74 Å². The van der Waals surface area contributed by atoms with Gasteiger partial charge in [0.2, 0.25) is 0 Å². The SMILES string of the molecule is O=C1C(=Cc2cccc(Br)n2)[C@H](c2cccc(Br)n2)Oc2ccccc21. The van der Waals surface area contributed by atoms with Gasteiger partial charge in [-0.1, -0.05) is 24.3 Å². The summed E-state index contributed by atoms with van der Waals surface area (Å²) in [5, 5.41) is 0. The molecule has 0 saturated carbocycles. The summed E-state index contributed by atoms with van der Waals surface area (Å²) in [6.45, 7) is 0. The minimum Gasteiger partial charge on any atom is -0.478 e. The third-order valence-corrected chi connectivity index (χ3v) is 4.85. The largest absolute Gasteiger partial charge is 0.478 e. The van der Waals surface area contributed by atoms with Crippen molar-refractivity contribution in [1.29, 1.82) is 0 Å². The van der Waals surface area contributed by atoms with Crippen molar-refractivity contribution in [1.82, 2.24) is 9.97 Å². The predicted octanol–water partition coefficient (Wildman–Crippen LogP) is 5.40. The molecule has 1 aromatic carbocycles. The van der Waals surface area contributed by atoms with Crippen molar-refractivity contribution in [2.24, 2.45) is 0 Å². The molecule has 0 aliphatic carbocycles. The fourth-order valence-electron chi connectivity index (χ4n) is 2.82. The molecule has 128 valence electrons. The van der Waals surface area contributed by atoms with Gasteiger partial charge in [-0.2, -0.15) is 0 Å². The molecule has 6 heteroatoms. The van der Waals surface area contributed by atoms with Crippen molar-refractivity contribution in [2.45, 2.75) is 6.10 Å². The molecule has 0 N–H and O–H groups in total. The number of ether oxygens (including phenoxy) is 1. The van der Waals surface area contributed by atoms with Crippen molar-refractivity contribution >= 4 is 43.7 Å². The number of carbonyl (C=O) groups excluding carboxylic acids is 1. The van der Waals surface area contributed by atoms with Gasteiger partial charge in [-0.15, -0.1) is 0 Å². The third kappa shape index (κ3) is 3.34. The van der Waals surface area contributed by atoms with E-state index in [0.717, 1.165) is 0 Å². The van der Waals surface area contributed by atoms with E-state index in [4.69, 9.17) is 4.74 Å². The summed E-state index contributed by atoms with van der Waals surface area (Å²) < 4.78 is 7.53. The average Bonchev–Trinajstić information content (AvgIpc) is 2.64. The number of carbonyl (C=O) groups is 1. The lowest BCUT2D eigenvalue weighted by Gasteiger charge is -2.27. The molecule has 0 bridgehead atoms. The lowest BCUT2D eigenvalue weighted by Crippen LogP contribution is -2.24. The molecule has 0 amide bonds. The van der Waals surface area contributed by atoms with Crippen LogP contribution in [0.4, 0.5) is 0 Å². The number of Topliss-reactive ketones (excluding diaryl/α,β-unsaturated/α-hetero) is 1. The van der Waals surface area contributed by atoms with Crippen molar-refractivity contribution in [3.8, 4) is 5.75 Å². The molecule has 3 heterocycles. The van der Waals surface area contributed by atoms with E-state index in [-0.39, 0.29) is 5.78 Å². The Morgan fingerprint density at radius 3 is 2.38 bits per heavy atom. The summed E-state index contributed by atoms with van der Waals surface area (Å²) in [5.41, 5.74) is 2.37. The fraction of sp³-hybridized carbons (Fsp3) is 0.0500. The third-order valence-electron chi connectivity index (χ3n) is 3.97. The molecule has 4 rings (SSSR count). The van der Waals surface area contributed by atoms with Gasteiger partial charge in [-0.3, -0.25) is 4.79 Å². The van der Waals surface area contributed by atoms with E-state index in [0.29, 0.717) is 37.5 Å². The number of hydrogen-bond acceptors (Lipinski definition) is 4. The van der Waals surface area contributed by atoms with Crippen molar-refractivity contribution in [3.05, 3.63) is 92.4 Å². The summed E-state index contributed by atoms with van der Waals surface area (Å²) in [6, 6.07) is 18.3. The van der Waals surface area contributed by atoms with E-state index in [2.05, 4.69) is 41.8 Å². The average molecular weight is 472 g/mol. The van der Waals surface area contributed by atoms with Gasteiger partial charge in [0.25, 0.3) is 0 Å². The number of nitrogens with zero attached hydrogens (tertiary/aromatic N) is 2. The minimum absolute atomic E-state index is 0.0830. The Morgan fingerprint density at radius 2 is 1.62 bits per heavy atom. The molecular formula is C20H12Br2N2O2. The lowest BCUT2D eigenvalue weighted by atomic mass is 9.92. The first-order valence-electron chi connectivity index (χ1n) is 7.89. The van der Waals surface area contributed by atoms with Crippen LogP contribution in [0.25, 0.3) is 6.08 Å². The maximum atomic E-state index is 13.1. The summed E-state index contributed by atoms with van der Waals surface area (Å²) in [4.78, 5) is 22.0. The molecule has 0 unspecified atom stereocenters. The van der Waals surface area contributed by atoms with Gasteiger partial charge in [-0.25, -0.2) is 9.97 Å². The zero-order valence-corrected chi connectivity index (χ0v) is 16.6. The van der Waals surface area contributed by atoms with Crippen LogP contribution in [0.1, 0.15) is 27.8 Å². The molecule has 26 heavy (non-hydrogen) atoms. The first-order valence-corrected chi connectivity index (χ1v) is 9.47. The van der Waals surface area contributed by atoms with E-state index in [9.17, 15) is 4.79 Å². The van der Waals surface area contributed by atoms with E-state index < -0.39 is 6.10 Å². The van der Waals surface area contributed by atoms with E-state index in [1.54, 1.807) is 18.2 Å². The van der Waals surface area contributed by atoms with E-state index in [1.807, 2.05) is 48.5 Å². The van der Waals surface area contributed by atoms with Gasteiger partial charge in [0, 0.05) is 5.57 Å². The highest BCUT2D eigenvalue weighted by molar-refractivity contribution is 9.10. The first-order chi connectivity index (χ1) is 12.6. The molecule has 1 aliphatic rings. The van der Waals surface area contributed by atoms with Crippen LogP contribution in [0.3, 0.4) is 0 Å². The lowest BCUT2D eigenvalue weighted by molar-refractivity contribution is 0.0961. The van der Waals surface area contributed by atoms with Crippen molar-refractivity contribution < 1.29 is 9.53 Å². The maximum Gasteiger partial charge on any atom is 0.196 e. The Kier molecular flexibility index (Phi) is 4.70. The molecule has 0 spiro atoms. The van der Waals surface area contributed by atoms with Crippen LogP contribution in [-0.2, 0) is 0 Å². The highest BCUT2D eigenvalue weighted by atomic mass is 79.9. The molecule has 4 nitrogen and oxygen atoms in total. The number of benzene rings is 1. The van der Waals surface area contributed by atoms with Crippen LogP contribution in [0.5, 0.6) is 5.75 Å². The Hall–Kier alpha value is -2.31. The van der Waals surface area contributed by atoms with Gasteiger partial charge in [0.15, 0.2) is 11.9 Å². The Bertz CT molecular complexity index is 1030. The molecule has 1 aliphatic heterocycles. The molecule has 1 atom stereocenters. The molecule has 0 saturated heterocycles. The second-order valence-corrected chi connectivity index (χ2v) is 7.32. The second kappa shape index (κ2) is 7.13. The van der Waals surface area contributed by atoms with Crippen LogP contribution >= 0.6 is 31.9 Å². The highest BCUT2D eigenvalue weighted by Crippen LogP contribution is 2.38. The summed E-state index contributed by atoms with van der Waals surface area (Å²) in [7, 11) is 0. The van der Waals surface area contributed by atoms with E-state index >= 15 is 0 Å². The Morgan fingerprint density at radius 1 is 0.885 bits per heavy atom. The maximum absolute atomic E-state index is 13.1. The number of aromatic nitrogens is 2. The highest BCUT2D eigenvalue weighted by Gasteiger charge is 2.33. The van der Waals surface area contributed by atoms with Crippen LogP contribution in [0.2, 0.25) is 0 Å². The first kappa shape index (κ1) is 17.1. The standard InChI is InChI=1S/C20H12Br2N2O2/c21-17-9-3-5-12(23-17)11-14-19(25)13-6-1-2-8-16(13)26-20(14)15-7-4-10-18(22)24-15/h1-11,20H/t20-/m1/s1. The van der Waals surface area contributed by atoms with Crippen LogP contribution in [0.15, 0.2) is 75.4 Å². The second-order valence-electron chi connectivity index (χ2n) is 5.69. The molecule has 0 fully saturated rings. The van der Waals surface area contributed by atoms with Gasteiger partial charge >= 0.3 is 0 Å². The van der Waals surface area contributed by atoms with Gasteiger partial charge < -0.3 is 4.74 Å². The van der Waals surface area contributed by atoms with E-state index in [1.165, 1.54) is 0 Å². The fourth-order valence-corrected chi connectivity index (χ4v) is 3.53. The quantitative estimate of drug-likeness (QED) is 0.370. The zero-order valence-electron chi connectivity index (χ0n) is 13.4. The summed E-state index contributed by atoms with van der Waals surface area (Å²) in [6.07, 6.45) is 1.16. The number of fused-ring (bicyclic) bond motifs is 1. The number of pyridine rings is 2. The number of halogens is 2. The summed E-state index contributed by atoms with van der Waals surface area (Å²) >= 11 is 6.74. The number of hydrogen-bond donors (Lipinski definition) is 0. The number of para-hydroxylation sites is 1.